The summed E-state index contributed by atoms with van der Waals surface area (Å²) in [7, 11) is 0. The van der Waals surface area contributed by atoms with E-state index < -0.39 is 57.6 Å². The molecule has 1 aliphatic carbocycles. The molecule has 262 valence electrons. The fourth-order valence-corrected chi connectivity index (χ4v) is 6.37. The molecule has 1 spiro atoms. The third kappa shape index (κ3) is 8.18. The van der Waals surface area contributed by atoms with Crippen LogP contribution in [-0.4, -0.2) is 80.3 Å². The number of ketones is 1. The molecule has 2 fully saturated rings. The van der Waals surface area contributed by atoms with E-state index in [4.69, 9.17) is 16.4 Å². The first-order chi connectivity index (χ1) is 23.1. The van der Waals surface area contributed by atoms with Gasteiger partial charge in [-0.05, 0) is 49.3 Å². The normalized spacial score (nSPS) is 21.4. The summed E-state index contributed by atoms with van der Waals surface area (Å²) >= 11 is 6.23. The van der Waals surface area contributed by atoms with Gasteiger partial charge in [0, 0.05) is 41.7 Å². The minimum Gasteiger partial charge on any atom is -0.387 e. The van der Waals surface area contributed by atoms with Gasteiger partial charge in [-0.3, -0.25) is 29.3 Å². The fraction of sp³-hybridized carbons (Fsp3) is 0.529. The average Bonchev–Trinajstić information content (AvgIpc) is 3.63. The number of nitrogens with one attached hydrogen (secondary N) is 3. The van der Waals surface area contributed by atoms with E-state index in [-0.39, 0.29) is 43.4 Å². The monoisotopic (exact) mass is 695 g/mol. The highest BCUT2D eigenvalue weighted by molar-refractivity contribution is 6.38. The zero-order valence-electron chi connectivity index (χ0n) is 28.2. The molecule has 15 heteroatoms. The van der Waals surface area contributed by atoms with Gasteiger partial charge in [-0.1, -0.05) is 63.0 Å². The molecule has 3 amide bonds. The van der Waals surface area contributed by atoms with Gasteiger partial charge in [0.15, 0.2) is 5.60 Å². The highest BCUT2D eigenvalue weighted by Gasteiger charge is 2.55. The summed E-state index contributed by atoms with van der Waals surface area (Å²) in [5.41, 5.74) is -0.286. The molecule has 1 saturated carbocycles. The van der Waals surface area contributed by atoms with Crippen molar-refractivity contribution in [1.82, 2.24) is 20.5 Å². The molecule has 0 radical (unpaired) electrons. The van der Waals surface area contributed by atoms with Gasteiger partial charge in [0.05, 0.1) is 23.2 Å². The molecule has 4 atom stereocenters. The summed E-state index contributed by atoms with van der Waals surface area (Å²) in [5, 5.41) is 25.2. The summed E-state index contributed by atoms with van der Waals surface area (Å²) in [6.07, 6.45) is 4.11. The molecule has 3 heterocycles. The number of oxime groups is 1. The number of nitrogens with zero attached hydrogens (tertiary/aromatic N) is 4. The molecular weight excluding hydrogens is 654 g/mol. The highest BCUT2D eigenvalue weighted by Crippen LogP contribution is 2.41. The summed E-state index contributed by atoms with van der Waals surface area (Å²) in [4.78, 5) is 77.6. The Bertz CT molecular complexity index is 1690. The van der Waals surface area contributed by atoms with E-state index >= 15 is 0 Å². The van der Waals surface area contributed by atoms with Gasteiger partial charge in [0.2, 0.25) is 23.4 Å². The smallest absolute Gasteiger partial charge is 0.311 e. The predicted molar refractivity (Wildman–Crippen MR) is 182 cm³/mol. The first-order valence-corrected chi connectivity index (χ1v) is 16.8. The number of amides is 3. The maximum absolute atomic E-state index is 14.6. The van der Waals surface area contributed by atoms with Gasteiger partial charge in [0.25, 0.3) is 5.91 Å². The standard InChI is InChI=1S/C34H42ClN7O7/c1-6-8-23(27(43)31(45)37-22-11-12-22)38-30(44)26-16-34(15-24(40-49-34)20-9-7-10-21(35)14-20)18-41(26)32(46)28(33(3,4)5)39-29-25(42(47)48)13-19(2)17-36-29/h7,9-10,13-14,17,22-23,26,28H,6,8,11-12,15-16,18H2,1-5H3,(H,36,39)(H,37,45)(H,38,44)/t23-,26-,28+,34+/m0/s1. The molecule has 0 bridgehead atoms. The summed E-state index contributed by atoms with van der Waals surface area (Å²) in [6, 6.07) is 5.16. The van der Waals surface area contributed by atoms with E-state index in [0.717, 1.165) is 18.4 Å². The second-order valence-electron chi connectivity index (χ2n) is 14.2. The number of nitro groups is 1. The predicted octanol–water partition coefficient (Wildman–Crippen LogP) is 4.08. The van der Waals surface area contributed by atoms with Gasteiger partial charge in [-0.15, -0.1) is 0 Å². The number of pyridine rings is 1. The third-order valence-electron chi connectivity index (χ3n) is 8.92. The Kier molecular flexibility index (Phi) is 10.3. The molecule has 0 unspecified atom stereocenters. The lowest BCUT2D eigenvalue weighted by atomic mass is 9.85. The number of aryl methyl sites for hydroxylation is 1. The Morgan fingerprint density at radius 2 is 1.94 bits per heavy atom. The lowest BCUT2D eigenvalue weighted by Gasteiger charge is -2.35. The second-order valence-corrected chi connectivity index (χ2v) is 14.7. The van der Waals surface area contributed by atoms with Crippen LogP contribution in [0.25, 0.3) is 0 Å². The molecule has 3 N–H and O–H groups in total. The third-order valence-corrected chi connectivity index (χ3v) is 9.16. The van der Waals surface area contributed by atoms with Gasteiger partial charge in [-0.25, -0.2) is 4.98 Å². The van der Waals surface area contributed by atoms with Crippen molar-refractivity contribution < 1.29 is 28.9 Å². The number of rotatable bonds is 12. The van der Waals surface area contributed by atoms with Crippen LogP contribution < -0.4 is 16.0 Å². The van der Waals surface area contributed by atoms with E-state index in [1.165, 1.54) is 17.2 Å². The number of anilines is 1. The Hall–Kier alpha value is -4.59. The number of carbonyl (C=O) groups excluding carboxylic acids is 4. The topological polar surface area (TPSA) is 185 Å². The van der Waals surface area contributed by atoms with Crippen molar-refractivity contribution in [3.63, 3.8) is 0 Å². The van der Waals surface area contributed by atoms with Gasteiger partial charge >= 0.3 is 5.69 Å². The molecule has 49 heavy (non-hydrogen) atoms. The Labute approximate surface area is 289 Å². The minimum atomic E-state index is -1.12. The number of aromatic nitrogens is 1. The number of halogens is 1. The van der Waals surface area contributed by atoms with Crippen LogP contribution in [0.4, 0.5) is 11.5 Å². The van der Waals surface area contributed by atoms with Crippen molar-refractivity contribution >= 4 is 52.3 Å². The zero-order valence-corrected chi connectivity index (χ0v) is 29.0. The average molecular weight is 696 g/mol. The van der Waals surface area contributed by atoms with Crippen LogP contribution >= 0.6 is 11.6 Å². The number of likely N-dealkylation sites (tertiary alicyclic amines) is 1. The van der Waals surface area contributed by atoms with E-state index in [9.17, 15) is 29.3 Å². The summed E-state index contributed by atoms with van der Waals surface area (Å²) < 4.78 is 0. The quantitative estimate of drug-likeness (QED) is 0.167. The molecular formula is C34H42ClN7O7. The van der Waals surface area contributed by atoms with Gasteiger partial charge < -0.3 is 25.7 Å². The van der Waals surface area contributed by atoms with Crippen molar-refractivity contribution in [3.8, 4) is 0 Å². The molecule has 2 aromatic rings. The van der Waals surface area contributed by atoms with Crippen LogP contribution in [0.2, 0.25) is 5.02 Å². The number of hydrogen-bond donors (Lipinski definition) is 3. The molecule has 1 aromatic carbocycles. The van der Waals surface area contributed by atoms with Crippen molar-refractivity contribution in [1.29, 1.82) is 0 Å². The molecule has 1 aromatic heterocycles. The SMILES string of the molecule is CCC[C@H](NC(=O)[C@@H]1C[C@]2(CC(c3cccc(Cl)c3)=NO2)CN1C(=O)[C@@H](Nc1ncc(C)cc1[N+](=O)[O-])C(C)(C)C)C(=O)C(=O)NC1CC1. The van der Waals surface area contributed by atoms with Crippen molar-refractivity contribution in [3.05, 3.63) is 62.8 Å². The lowest BCUT2D eigenvalue weighted by molar-refractivity contribution is -0.384. The number of hydrogen-bond acceptors (Lipinski definition) is 10. The first-order valence-electron chi connectivity index (χ1n) is 16.4. The highest BCUT2D eigenvalue weighted by atomic mass is 35.5. The van der Waals surface area contributed by atoms with Crippen molar-refractivity contribution in [2.24, 2.45) is 10.6 Å². The Morgan fingerprint density at radius 3 is 2.57 bits per heavy atom. The second kappa shape index (κ2) is 14.1. The molecule has 2 aliphatic heterocycles. The maximum atomic E-state index is 14.6. The Morgan fingerprint density at radius 1 is 1.20 bits per heavy atom. The van der Waals surface area contributed by atoms with Crippen molar-refractivity contribution in [2.45, 2.75) is 103 Å². The number of Topliss-reactive ketones (excluding diaryl/α,β-unsaturated/α-hetero) is 1. The zero-order chi connectivity index (χ0) is 35.7. The van der Waals surface area contributed by atoms with Crippen LogP contribution in [0.5, 0.6) is 0 Å². The van der Waals surface area contributed by atoms with Crippen LogP contribution in [0.1, 0.15) is 77.3 Å². The fourth-order valence-electron chi connectivity index (χ4n) is 6.18. The van der Waals surface area contributed by atoms with E-state index in [1.54, 1.807) is 45.9 Å². The van der Waals surface area contributed by atoms with E-state index in [2.05, 4.69) is 26.1 Å². The van der Waals surface area contributed by atoms with Crippen LogP contribution in [0.15, 0.2) is 41.7 Å². The molecule has 5 rings (SSSR count). The summed E-state index contributed by atoms with van der Waals surface area (Å²) in [6.45, 7) is 8.86. The van der Waals surface area contributed by atoms with Crippen molar-refractivity contribution in [2.75, 3.05) is 11.9 Å². The van der Waals surface area contributed by atoms with E-state index in [1.807, 2.05) is 13.0 Å². The lowest BCUT2D eigenvalue weighted by Crippen LogP contribution is -2.57. The van der Waals surface area contributed by atoms with Crippen LogP contribution in [-0.2, 0) is 24.0 Å². The van der Waals surface area contributed by atoms with Gasteiger partial charge in [-0.2, -0.15) is 0 Å². The van der Waals surface area contributed by atoms with E-state index in [0.29, 0.717) is 22.7 Å². The first kappa shape index (κ1) is 35.7. The summed E-state index contributed by atoms with van der Waals surface area (Å²) in [5.74, 6) is -2.73. The van der Waals surface area contributed by atoms with Crippen LogP contribution in [0, 0.1) is 22.5 Å². The minimum absolute atomic E-state index is 0.0360. The molecule has 1 saturated heterocycles. The van der Waals surface area contributed by atoms with Gasteiger partial charge in [0.1, 0.15) is 12.1 Å². The number of carbonyl (C=O) groups is 4. The molecule has 14 nitrogen and oxygen atoms in total. The Balaban J connectivity index is 1.46. The molecule has 3 aliphatic rings. The largest absolute Gasteiger partial charge is 0.387 e. The number of benzene rings is 1. The van der Waals surface area contributed by atoms with Crippen LogP contribution in [0.3, 0.4) is 0 Å². The maximum Gasteiger partial charge on any atom is 0.311 e.